The summed E-state index contributed by atoms with van der Waals surface area (Å²) in [4.78, 5) is 24.4. The Morgan fingerprint density at radius 1 is 1.04 bits per heavy atom. The number of benzene rings is 2. The predicted octanol–water partition coefficient (Wildman–Crippen LogP) is 5.16. The topological polar surface area (TPSA) is 66.4 Å². The number of hydrogen-bond donors (Lipinski definition) is 2. The zero-order valence-corrected chi connectivity index (χ0v) is 14.2. The molecule has 2 aromatic carbocycles. The lowest BCUT2D eigenvalue weighted by atomic mass is 10.1. The van der Waals surface area contributed by atoms with Gasteiger partial charge in [0.2, 0.25) is 0 Å². The molecule has 0 bridgehead atoms. The highest BCUT2D eigenvalue weighted by atomic mass is 35.5. The highest BCUT2D eigenvalue weighted by Gasteiger charge is 2.21. The second kappa shape index (κ2) is 7.04. The number of amides is 1. The van der Waals surface area contributed by atoms with E-state index >= 15 is 0 Å². The quantitative estimate of drug-likeness (QED) is 0.662. The van der Waals surface area contributed by atoms with Crippen molar-refractivity contribution < 1.29 is 19.1 Å². The summed E-state index contributed by atoms with van der Waals surface area (Å²) < 4.78 is 13.1. The Morgan fingerprint density at radius 2 is 1.68 bits per heavy atom. The fourth-order valence-corrected chi connectivity index (χ4v) is 3.40. The maximum absolute atomic E-state index is 13.1. The molecule has 0 aliphatic heterocycles. The standard InChI is InChI=1S/C18H11ClFNO3S/c19-12-5-1-11(2-6-12)17(22)21-14-9-25-16(15(14)18(23)24)10-3-7-13(20)8-4-10/h1-9H,(H,21,22)(H,23,24). The van der Waals surface area contributed by atoms with Crippen molar-refractivity contribution in [1.82, 2.24) is 0 Å². The summed E-state index contributed by atoms with van der Waals surface area (Å²) in [6.07, 6.45) is 0. The van der Waals surface area contributed by atoms with Gasteiger partial charge in [-0.2, -0.15) is 0 Å². The minimum atomic E-state index is -1.17. The minimum Gasteiger partial charge on any atom is -0.478 e. The SMILES string of the molecule is O=C(Nc1csc(-c2ccc(F)cc2)c1C(=O)O)c1ccc(Cl)cc1. The number of thiophene rings is 1. The summed E-state index contributed by atoms with van der Waals surface area (Å²) in [5.41, 5.74) is 1.08. The van der Waals surface area contributed by atoms with Gasteiger partial charge in [0, 0.05) is 16.0 Å². The summed E-state index contributed by atoms with van der Waals surface area (Å²) >= 11 is 6.96. The van der Waals surface area contributed by atoms with E-state index in [0.717, 1.165) is 11.3 Å². The number of hydrogen-bond acceptors (Lipinski definition) is 3. The Balaban J connectivity index is 1.94. The van der Waals surface area contributed by atoms with Crippen molar-refractivity contribution in [3.8, 4) is 10.4 Å². The first-order chi connectivity index (χ1) is 12.0. The Bertz CT molecular complexity index is 936. The fourth-order valence-electron chi connectivity index (χ4n) is 2.27. The molecule has 1 aromatic heterocycles. The summed E-state index contributed by atoms with van der Waals surface area (Å²) in [7, 11) is 0. The molecule has 4 nitrogen and oxygen atoms in total. The number of nitrogens with one attached hydrogen (secondary N) is 1. The average Bonchev–Trinajstić information content (AvgIpc) is 3.00. The van der Waals surface area contributed by atoms with Crippen molar-refractivity contribution in [3.05, 3.63) is 75.9 Å². The van der Waals surface area contributed by atoms with E-state index in [2.05, 4.69) is 5.32 Å². The first kappa shape index (κ1) is 17.1. The molecule has 7 heteroatoms. The van der Waals surface area contributed by atoms with Gasteiger partial charge >= 0.3 is 5.97 Å². The first-order valence-electron chi connectivity index (χ1n) is 7.13. The van der Waals surface area contributed by atoms with Crippen LogP contribution < -0.4 is 5.32 Å². The van der Waals surface area contributed by atoms with Crippen molar-refractivity contribution >= 4 is 40.5 Å². The lowest BCUT2D eigenvalue weighted by Crippen LogP contribution is -2.13. The van der Waals surface area contributed by atoms with Crippen LogP contribution in [-0.4, -0.2) is 17.0 Å². The molecule has 0 radical (unpaired) electrons. The average molecular weight is 376 g/mol. The smallest absolute Gasteiger partial charge is 0.339 e. The van der Waals surface area contributed by atoms with E-state index in [1.54, 1.807) is 29.6 Å². The van der Waals surface area contributed by atoms with Crippen LogP contribution in [0.3, 0.4) is 0 Å². The van der Waals surface area contributed by atoms with Gasteiger partial charge in [-0.25, -0.2) is 9.18 Å². The number of carboxylic acid groups (broad SMARTS) is 1. The molecule has 3 aromatic rings. The molecule has 0 aliphatic carbocycles. The molecule has 2 N–H and O–H groups in total. The molecule has 0 fully saturated rings. The lowest BCUT2D eigenvalue weighted by Gasteiger charge is -2.06. The van der Waals surface area contributed by atoms with Crippen molar-refractivity contribution in [2.75, 3.05) is 5.32 Å². The summed E-state index contributed by atoms with van der Waals surface area (Å²) in [6.45, 7) is 0. The molecule has 0 atom stereocenters. The highest BCUT2D eigenvalue weighted by Crippen LogP contribution is 2.36. The number of carbonyl (C=O) groups excluding carboxylic acids is 1. The van der Waals surface area contributed by atoms with Gasteiger partial charge in [-0.1, -0.05) is 23.7 Å². The molecule has 0 unspecified atom stereocenters. The van der Waals surface area contributed by atoms with Crippen LogP contribution in [0.5, 0.6) is 0 Å². The molecule has 25 heavy (non-hydrogen) atoms. The van der Waals surface area contributed by atoms with Crippen LogP contribution in [0.25, 0.3) is 10.4 Å². The number of rotatable bonds is 4. The molecule has 0 saturated carbocycles. The maximum Gasteiger partial charge on any atom is 0.339 e. The highest BCUT2D eigenvalue weighted by molar-refractivity contribution is 7.14. The molecule has 0 spiro atoms. The van der Waals surface area contributed by atoms with Crippen molar-refractivity contribution in [2.45, 2.75) is 0 Å². The van der Waals surface area contributed by atoms with Gasteiger partial charge in [-0.3, -0.25) is 4.79 Å². The number of aromatic carboxylic acids is 1. The second-order valence-electron chi connectivity index (χ2n) is 5.13. The molecular formula is C18H11ClFNO3S. The van der Waals surface area contributed by atoms with E-state index in [4.69, 9.17) is 11.6 Å². The molecular weight excluding hydrogens is 365 g/mol. The zero-order valence-electron chi connectivity index (χ0n) is 12.6. The predicted molar refractivity (Wildman–Crippen MR) is 96.1 cm³/mol. The molecule has 0 saturated heterocycles. The van der Waals surface area contributed by atoms with E-state index in [-0.39, 0.29) is 11.3 Å². The molecule has 126 valence electrons. The van der Waals surface area contributed by atoms with Crippen LogP contribution in [0.15, 0.2) is 53.9 Å². The number of halogens is 2. The number of carbonyl (C=O) groups is 2. The van der Waals surface area contributed by atoms with Crippen LogP contribution in [-0.2, 0) is 0 Å². The summed E-state index contributed by atoms with van der Waals surface area (Å²) in [5, 5.41) is 14.2. The van der Waals surface area contributed by atoms with E-state index in [1.165, 1.54) is 24.3 Å². The minimum absolute atomic E-state index is 0.0288. The van der Waals surface area contributed by atoms with Gasteiger partial charge < -0.3 is 10.4 Å². The number of carboxylic acids is 1. The third-order valence-corrected chi connectivity index (χ3v) is 4.75. The van der Waals surface area contributed by atoms with E-state index in [9.17, 15) is 19.1 Å². The fraction of sp³-hybridized carbons (Fsp3) is 0. The Hall–Kier alpha value is -2.70. The van der Waals surface area contributed by atoms with Crippen molar-refractivity contribution in [1.29, 1.82) is 0 Å². The van der Waals surface area contributed by atoms with E-state index in [0.29, 0.717) is 21.0 Å². The Morgan fingerprint density at radius 3 is 2.28 bits per heavy atom. The zero-order chi connectivity index (χ0) is 18.0. The van der Waals surface area contributed by atoms with Crippen LogP contribution >= 0.6 is 22.9 Å². The normalized spacial score (nSPS) is 10.5. The van der Waals surface area contributed by atoms with Gasteiger partial charge in [0.25, 0.3) is 5.91 Å². The van der Waals surface area contributed by atoms with Gasteiger partial charge in [-0.05, 0) is 42.0 Å². The van der Waals surface area contributed by atoms with Crippen LogP contribution in [0.2, 0.25) is 5.02 Å². The summed E-state index contributed by atoms with van der Waals surface area (Å²) in [6, 6.07) is 11.8. The maximum atomic E-state index is 13.1. The third kappa shape index (κ3) is 3.70. The largest absolute Gasteiger partial charge is 0.478 e. The van der Waals surface area contributed by atoms with Gasteiger partial charge in [0.1, 0.15) is 11.4 Å². The Kier molecular flexibility index (Phi) is 4.83. The van der Waals surface area contributed by atoms with Crippen LogP contribution in [0.1, 0.15) is 20.7 Å². The van der Waals surface area contributed by atoms with E-state index < -0.39 is 17.7 Å². The van der Waals surface area contributed by atoms with Crippen LogP contribution in [0.4, 0.5) is 10.1 Å². The van der Waals surface area contributed by atoms with Gasteiger partial charge in [-0.15, -0.1) is 11.3 Å². The van der Waals surface area contributed by atoms with E-state index in [1.807, 2.05) is 0 Å². The summed E-state index contributed by atoms with van der Waals surface area (Å²) in [5.74, 6) is -2.02. The Labute approximate surface area is 151 Å². The monoisotopic (exact) mass is 375 g/mol. The molecule has 1 heterocycles. The third-order valence-electron chi connectivity index (χ3n) is 3.47. The van der Waals surface area contributed by atoms with Crippen LogP contribution in [0, 0.1) is 5.82 Å². The van der Waals surface area contributed by atoms with Gasteiger partial charge in [0.05, 0.1) is 10.6 Å². The van der Waals surface area contributed by atoms with Crippen molar-refractivity contribution in [3.63, 3.8) is 0 Å². The van der Waals surface area contributed by atoms with Crippen molar-refractivity contribution in [2.24, 2.45) is 0 Å². The number of anilines is 1. The van der Waals surface area contributed by atoms with Gasteiger partial charge in [0.15, 0.2) is 0 Å². The molecule has 3 rings (SSSR count). The second-order valence-corrected chi connectivity index (χ2v) is 6.44. The molecule has 0 aliphatic rings. The molecule has 1 amide bonds. The first-order valence-corrected chi connectivity index (χ1v) is 8.39. The lowest BCUT2D eigenvalue weighted by molar-refractivity contribution is 0.0699.